The smallest absolute Gasteiger partial charge is 0.166 e. The number of pyridine rings is 1. The maximum Gasteiger partial charge on any atom is 0.166 e. The summed E-state index contributed by atoms with van der Waals surface area (Å²) in [6, 6.07) is 10.8. The highest BCUT2D eigenvalue weighted by Gasteiger charge is 2.22. The highest BCUT2D eigenvalue weighted by atomic mass is 35.5. The van der Waals surface area contributed by atoms with Crippen LogP contribution in [-0.4, -0.2) is 22.9 Å². The number of rotatable bonds is 6. The van der Waals surface area contributed by atoms with Gasteiger partial charge in [0.05, 0.1) is 16.8 Å². The second kappa shape index (κ2) is 9.33. The second-order valence-electron chi connectivity index (χ2n) is 8.37. The Bertz CT molecular complexity index is 1090. The fourth-order valence-corrected chi connectivity index (χ4v) is 4.51. The van der Waals surface area contributed by atoms with E-state index in [-0.39, 0.29) is 23.7 Å². The minimum atomic E-state index is -0.385. The molecule has 1 aromatic heterocycles. The van der Waals surface area contributed by atoms with E-state index in [1.165, 1.54) is 12.1 Å². The van der Waals surface area contributed by atoms with Crippen LogP contribution in [0.1, 0.15) is 55.8 Å². The van der Waals surface area contributed by atoms with E-state index in [2.05, 4.69) is 10.3 Å². The molecule has 0 bridgehead atoms. The zero-order valence-corrected chi connectivity index (χ0v) is 18.4. The van der Waals surface area contributed by atoms with Crippen molar-refractivity contribution < 1.29 is 9.18 Å². The molecule has 1 heterocycles. The monoisotopic (exact) mass is 439 g/mol. The summed E-state index contributed by atoms with van der Waals surface area (Å²) >= 11 is 6.07. The topological polar surface area (TPSA) is 68.0 Å². The van der Waals surface area contributed by atoms with Gasteiger partial charge in [0.1, 0.15) is 5.82 Å². The van der Waals surface area contributed by atoms with Crippen molar-refractivity contribution >= 4 is 34.0 Å². The van der Waals surface area contributed by atoms with Crippen LogP contribution in [0.5, 0.6) is 0 Å². The van der Waals surface area contributed by atoms with Crippen molar-refractivity contribution in [2.24, 2.45) is 5.73 Å². The first-order valence-corrected chi connectivity index (χ1v) is 11.3. The fourth-order valence-electron chi connectivity index (χ4n) is 4.29. The van der Waals surface area contributed by atoms with Gasteiger partial charge >= 0.3 is 0 Å². The Balaban J connectivity index is 1.82. The first-order valence-electron chi connectivity index (χ1n) is 10.9. The highest BCUT2D eigenvalue weighted by molar-refractivity contribution is 6.30. The van der Waals surface area contributed by atoms with Crippen LogP contribution in [0, 0.1) is 5.82 Å². The molecule has 1 saturated carbocycles. The van der Waals surface area contributed by atoms with Crippen LogP contribution in [0.2, 0.25) is 5.02 Å². The number of benzene rings is 2. The molecule has 0 spiro atoms. The standard InChI is InChI=1S/C25H27ClFN3O/c1-2-3-24(31)22-14-29-23-9-4-15(16-10-17(26)13-18(27)11-16)12-21(23)25(22)30-20-7-5-19(28)6-8-20/h4,9-14,19-20H,2-3,5-8,28H2,1H3,(H,29,30). The van der Waals surface area contributed by atoms with Crippen molar-refractivity contribution in [1.29, 1.82) is 0 Å². The fraction of sp³-hybridized carbons (Fsp3) is 0.360. The Morgan fingerprint density at radius 2 is 1.94 bits per heavy atom. The summed E-state index contributed by atoms with van der Waals surface area (Å²) in [7, 11) is 0. The largest absolute Gasteiger partial charge is 0.381 e. The third-order valence-electron chi connectivity index (χ3n) is 5.96. The highest BCUT2D eigenvalue weighted by Crippen LogP contribution is 2.34. The molecule has 4 rings (SSSR count). The average Bonchev–Trinajstić information content (AvgIpc) is 2.74. The van der Waals surface area contributed by atoms with Gasteiger partial charge in [-0.2, -0.15) is 0 Å². The van der Waals surface area contributed by atoms with Gasteiger partial charge in [-0.15, -0.1) is 0 Å². The molecule has 0 atom stereocenters. The molecule has 4 nitrogen and oxygen atoms in total. The van der Waals surface area contributed by atoms with Crippen molar-refractivity contribution in [2.75, 3.05) is 5.32 Å². The molecule has 162 valence electrons. The summed E-state index contributed by atoms with van der Waals surface area (Å²) in [6.07, 6.45) is 6.78. The SMILES string of the molecule is CCCC(=O)c1cnc2ccc(-c3cc(F)cc(Cl)c3)cc2c1NC1CCC(N)CC1. The van der Waals surface area contributed by atoms with Crippen LogP contribution < -0.4 is 11.1 Å². The molecule has 0 radical (unpaired) electrons. The van der Waals surface area contributed by atoms with Crippen molar-refractivity contribution in [3.8, 4) is 11.1 Å². The first kappa shape index (κ1) is 21.7. The van der Waals surface area contributed by atoms with E-state index >= 15 is 0 Å². The normalized spacial score (nSPS) is 18.8. The van der Waals surface area contributed by atoms with Crippen LogP contribution in [0.4, 0.5) is 10.1 Å². The Morgan fingerprint density at radius 3 is 2.65 bits per heavy atom. The summed E-state index contributed by atoms with van der Waals surface area (Å²) in [5, 5.41) is 4.84. The van der Waals surface area contributed by atoms with E-state index in [0.717, 1.165) is 54.3 Å². The van der Waals surface area contributed by atoms with Crippen molar-refractivity contribution in [3.05, 3.63) is 59.0 Å². The van der Waals surface area contributed by atoms with Gasteiger partial charge in [0, 0.05) is 35.1 Å². The summed E-state index contributed by atoms with van der Waals surface area (Å²) in [6.45, 7) is 1.99. The Morgan fingerprint density at radius 1 is 1.16 bits per heavy atom. The molecule has 2 aromatic carbocycles. The number of aromatic nitrogens is 1. The number of halogens is 2. The van der Waals surface area contributed by atoms with Gasteiger partial charge < -0.3 is 11.1 Å². The minimum absolute atomic E-state index is 0.0751. The van der Waals surface area contributed by atoms with E-state index in [1.54, 1.807) is 12.3 Å². The minimum Gasteiger partial charge on any atom is -0.381 e. The number of carbonyl (C=O) groups is 1. The molecule has 0 saturated heterocycles. The molecule has 1 aliphatic rings. The van der Waals surface area contributed by atoms with Crippen molar-refractivity contribution in [1.82, 2.24) is 4.98 Å². The van der Waals surface area contributed by atoms with E-state index in [9.17, 15) is 9.18 Å². The molecule has 31 heavy (non-hydrogen) atoms. The predicted molar refractivity (Wildman–Crippen MR) is 125 cm³/mol. The van der Waals surface area contributed by atoms with Crippen LogP contribution in [-0.2, 0) is 0 Å². The summed E-state index contributed by atoms with van der Waals surface area (Å²) in [5.41, 5.74) is 9.79. The maximum absolute atomic E-state index is 13.9. The lowest BCUT2D eigenvalue weighted by molar-refractivity contribution is 0.0982. The molecule has 6 heteroatoms. The summed E-state index contributed by atoms with van der Waals surface area (Å²) in [5.74, 6) is -0.310. The van der Waals surface area contributed by atoms with Gasteiger partial charge in [0.15, 0.2) is 5.78 Å². The number of anilines is 1. The number of carbonyl (C=O) groups excluding carboxylic acids is 1. The third kappa shape index (κ3) is 4.89. The van der Waals surface area contributed by atoms with E-state index in [1.807, 2.05) is 25.1 Å². The van der Waals surface area contributed by atoms with Crippen LogP contribution >= 0.6 is 11.6 Å². The van der Waals surface area contributed by atoms with E-state index in [4.69, 9.17) is 17.3 Å². The quantitative estimate of drug-likeness (QED) is 0.438. The predicted octanol–water partition coefficient (Wildman–Crippen LogP) is 6.36. The summed E-state index contributed by atoms with van der Waals surface area (Å²) in [4.78, 5) is 17.4. The van der Waals surface area contributed by atoms with E-state index in [0.29, 0.717) is 22.6 Å². The lowest BCUT2D eigenvalue weighted by Crippen LogP contribution is -2.33. The van der Waals surface area contributed by atoms with Crippen molar-refractivity contribution in [2.45, 2.75) is 57.5 Å². The zero-order valence-electron chi connectivity index (χ0n) is 17.6. The van der Waals surface area contributed by atoms with E-state index < -0.39 is 0 Å². The lowest BCUT2D eigenvalue weighted by atomic mass is 9.91. The molecule has 1 aliphatic carbocycles. The Labute approximate surface area is 187 Å². The van der Waals surface area contributed by atoms with Gasteiger partial charge in [-0.3, -0.25) is 9.78 Å². The number of fused-ring (bicyclic) bond motifs is 1. The van der Waals surface area contributed by atoms with Gasteiger partial charge in [-0.05, 0) is 73.6 Å². The molecule has 0 aliphatic heterocycles. The number of nitrogens with one attached hydrogen (secondary N) is 1. The lowest BCUT2D eigenvalue weighted by Gasteiger charge is -2.29. The molecular weight excluding hydrogens is 413 g/mol. The molecule has 3 aromatic rings. The maximum atomic E-state index is 13.9. The second-order valence-corrected chi connectivity index (χ2v) is 8.80. The molecule has 0 amide bonds. The Hall–Kier alpha value is -2.50. The van der Waals surface area contributed by atoms with Crippen molar-refractivity contribution in [3.63, 3.8) is 0 Å². The molecule has 1 fully saturated rings. The first-order chi connectivity index (χ1) is 14.9. The van der Waals surface area contributed by atoms with Gasteiger partial charge in [-0.25, -0.2) is 4.39 Å². The third-order valence-corrected chi connectivity index (χ3v) is 6.18. The Kier molecular flexibility index (Phi) is 6.54. The molecular formula is C25H27ClFN3O. The number of hydrogen-bond donors (Lipinski definition) is 2. The van der Waals surface area contributed by atoms with Crippen LogP contribution in [0.3, 0.4) is 0 Å². The number of nitrogens with zero attached hydrogens (tertiary/aromatic N) is 1. The molecule has 0 unspecified atom stereocenters. The van der Waals surface area contributed by atoms with Gasteiger partial charge in [-0.1, -0.05) is 24.6 Å². The van der Waals surface area contributed by atoms with Gasteiger partial charge in [0.2, 0.25) is 0 Å². The number of Topliss-reactive ketones (excluding diaryl/α,β-unsaturated/α-hetero) is 1. The number of ketones is 1. The van der Waals surface area contributed by atoms with Gasteiger partial charge in [0.25, 0.3) is 0 Å². The number of nitrogens with two attached hydrogens (primary N) is 1. The zero-order chi connectivity index (χ0) is 22.0. The average molecular weight is 440 g/mol. The summed E-state index contributed by atoms with van der Waals surface area (Å²) < 4.78 is 13.9. The van der Waals surface area contributed by atoms with Crippen LogP contribution in [0.15, 0.2) is 42.6 Å². The van der Waals surface area contributed by atoms with Crippen LogP contribution in [0.25, 0.3) is 22.0 Å². The molecule has 3 N–H and O–H groups in total. The number of hydrogen-bond acceptors (Lipinski definition) is 4.